The second-order valence-corrected chi connectivity index (χ2v) is 5.83. The third-order valence-electron chi connectivity index (χ3n) is 4.31. The zero-order chi connectivity index (χ0) is 13.5. The van der Waals surface area contributed by atoms with Gasteiger partial charge in [-0.2, -0.15) is 0 Å². The Morgan fingerprint density at radius 1 is 1.26 bits per heavy atom. The lowest BCUT2D eigenvalue weighted by atomic mass is 10.1. The molecule has 112 valence electrons. The van der Waals surface area contributed by atoms with Gasteiger partial charge in [-0.1, -0.05) is 0 Å². The molecule has 0 radical (unpaired) electrons. The summed E-state index contributed by atoms with van der Waals surface area (Å²) < 4.78 is 11.3. The van der Waals surface area contributed by atoms with Crippen LogP contribution in [0.3, 0.4) is 0 Å². The Hall–Kier alpha value is -0.160. The van der Waals surface area contributed by atoms with E-state index in [-0.39, 0.29) is 0 Å². The summed E-state index contributed by atoms with van der Waals surface area (Å²) in [4.78, 5) is 5.13. The van der Waals surface area contributed by atoms with E-state index in [1.165, 1.54) is 38.9 Å². The van der Waals surface area contributed by atoms with Crippen LogP contribution in [0.4, 0.5) is 0 Å². The molecule has 0 unspecified atom stereocenters. The van der Waals surface area contributed by atoms with Crippen molar-refractivity contribution in [3.63, 3.8) is 0 Å². The molecule has 2 fully saturated rings. The van der Waals surface area contributed by atoms with Crippen LogP contribution in [0.5, 0.6) is 0 Å². The van der Waals surface area contributed by atoms with E-state index < -0.39 is 0 Å². The molecule has 19 heavy (non-hydrogen) atoms. The first-order valence-corrected chi connectivity index (χ1v) is 7.95. The fourth-order valence-corrected chi connectivity index (χ4v) is 3.13. The van der Waals surface area contributed by atoms with Crippen LogP contribution >= 0.6 is 0 Å². The van der Waals surface area contributed by atoms with Gasteiger partial charge in [-0.05, 0) is 33.1 Å². The summed E-state index contributed by atoms with van der Waals surface area (Å²) in [5.74, 6) is 0. The SMILES string of the molecule is CCOCCN1CCN(C[C@@H]2CCCCO2)C[C@H]1C. The van der Waals surface area contributed by atoms with Gasteiger partial charge in [0.05, 0.1) is 12.7 Å². The molecule has 2 aliphatic heterocycles. The van der Waals surface area contributed by atoms with Crippen molar-refractivity contribution < 1.29 is 9.47 Å². The Morgan fingerprint density at radius 3 is 2.84 bits per heavy atom. The minimum atomic E-state index is 0.482. The number of rotatable bonds is 6. The zero-order valence-corrected chi connectivity index (χ0v) is 12.6. The van der Waals surface area contributed by atoms with Gasteiger partial charge in [0, 0.05) is 52.0 Å². The van der Waals surface area contributed by atoms with E-state index in [0.717, 1.165) is 32.9 Å². The van der Waals surface area contributed by atoms with E-state index in [0.29, 0.717) is 12.1 Å². The van der Waals surface area contributed by atoms with E-state index in [2.05, 4.69) is 23.6 Å². The summed E-state index contributed by atoms with van der Waals surface area (Å²) in [6.45, 7) is 12.8. The predicted molar refractivity (Wildman–Crippen MR) is 77.6 cm³/mol. The highest BCUT2D eigenvalue weighted by Crippen LogP contribution is 2.16. The normalized spacial score (nSPS) is 30.6. The number of piperazine rings is 1. The van der Waals surface area contributed by atoms with Gasteiger partial charge in [-0.15, -0.1) is 0 Å². The number of nitrogens with zero attached hydrogens (tertiary/aromatic N) is 2. The van der Waals surface area contributed by atoms with Crippen LogP contribution in [0.1, 0.15) is 33.1 Å². The first-order chi connectivity index (χ1) is 9.29. The molecule has 0 aromatic rings. The smallest absolute Gasteiger partial charge is 0.0702 e. The number of hydrogen-bond donors (Lipinski definition) is 0. The highest BCUT2D eigenvalue weighted by Gasteiger charge is 2.25. The minimum absolute atomic E-state index is 0.482. The molecular weight excluding hydrogens is 240 g/mol. The lowest BCUT2D eigenvalue weighted by Crippen LogP contribution is -2.54. The lowest BCUT2D eigenvalue weighted by molar-refractivity contribution is -0.0236. The molecule has 2 atom stereocenters. The molecule has 0 aliphatic carbocycles. The van der Waals surface area contributed by atoms with Crippen molar-refractivity contribution in [2.75, 3.05) is 52.5 Å². The van der Waals surface area contributed by atoms with Crippen LogP contribution in [-0.2, 0) is 9.47 Å². The molecule has 2 aliphatic rings. The molecule has 4 nitrogen and oxygen atoms in total. The van der Waals surface area contributed by atoms with Gasteiger partial charge in [0.1, 0.15) is 0 Å². The first-order valence-electron chi connectivity index (χ1n) is 7.95. The molecule has 2 heterocycles. The molecule has 0 aromatic carbocycles. The molecule has 0 bridgehead atoms. The maximum Gasteiger partial charge on any atom is 0.0702 e. The molecule has 0 saturated carbocycles. The summed E-state index contributed by atoms with van der Waals surface area (Å²) in [5, 5.41) is 0. The molecule has 0 N–H and O–H groups in total. The monoisotopic (exact) mass is 270 g/mol. The molecule has 0 spiro atoms. The predicted octanol–water partition coefficient (Wildman–Crippen LogP) is 1.60. The Kier molecular flexibility index (Phi) is 6.57. The van der Waals surface area contributed by atoms with Crippen LogP contribution in [0.15, 0.2) is 0 Å². The van der Waals surface area contributed by atoms with Crippen molar-refractivity contribution in [2.45, 2.75) is 45.3 Å². The van der Waals surface area contributed by atoms with Crippen LogP contribution < -0.4 is 0 Å². The summed E-state index contributed by atoms with van der Waals surface area (Å²) in [6.07, 6.45) is 4.32. The summed E-state index contributed by atoms with van der Waals surface area (Å²) >= 11 is 0. The highest BCUT2D eigenvalue weighted by atomic mass is 16.5. The zero-order valence-electron chi connectivity index (χ0n) is 12.6. The van der Waals surface area contributed by atoms with E-state index in [1.807, 2.05) is 0 Å². The number of hydrogen-bond acceptors (Lipinski definition) is 4. The van der Waals surface area contributed by atoms with Gasteiger partial charge in [0.25, 0.3) is 0 Å². The summed E-state index contributed by atoms with van der Waals surface area (Å²) in [5.41, 5.74) is 0. The van der Waals surface area contributed by atoms with Gasteiger partial charge in [0.15, 0.2) is 0 Å². The minimum Gasteiger partial charge on any atom is -0.380 e. The second kappa shape index (κ2) is 8.20. The van der Waals surface area contributed by atoms with E-state index in [1.54, 1.807) is 0 Å². The van der Waals surface area contributed by atoms with Crippen LogP contribution in [-0.4, -0.2) is 74.5 Å². The summed E-state index contributed by atoms with van der Waals surface area (Å²) in [7, 11) is 0. The first kappa shape index (κ1) is 15.2. The average Bonchev–Trinajstić information content (AvgIpc) is 2.43. The average molecular weight is 270 g/mol. The van der Waals surface area contributed by atoms with Crippen molar-refractivity contribution in [2.24, 2.45) is 0 Å². The van der Waals surface area contributed by atoms with Crippen molar-refractivity contribution in [3.05, 3.63) is 0 Å². The number of ether oxygens (including phenoxy) is 2. The maximum atomic E-state index is 5.85. The van der Waals surface area contributed by atoms with E-state index in [9.17, 15) is 0 Å². The third kappa shape index (κ3) is 5.03. The van der Waals surface area contributed by atoms with Crippen molar-refractivity contribution in [1.29, 1.82) is 0 Å². The third-order valence-corrected chi connectivity index (χ3v) is 4.31. The Balaban J connectivity index is 1.66. The Morgan fingerprint density at radius 2 is 2.16 bits per heavy atom. The standard InChI is InChI=1S/C15H30N2O2/c1-3-18-11-9-17-8-7-16(12-14(17)2)13-15-6-4-5-10-19-15/h14-15H,3-13H2,1-2H3/t14-,15+/m1/s1. The maximum absolute atomic E-state index is 5.85. The molecule has 0 aromatic heterocycles. The molecule has 2 rings (SSSR count). The largest absolute Gasteiger partial charge is 0.380 e. The van der Waals surface area contributed by atoms with Gasteiger partial charge < -0.3 is 9.47 Å². The van der Waals surface area contributed by atoms with Crippen LogP contribution in [0, 0.1) is 0 Å². The molecule has 4 heteroatoms. The van der Waals surface area contributed by atoms with Crippen LogP contribution in [0.2, 0.25) is 0 Å². The van der Waals surface area contributed by atoms with Crippen molar-refractivity contribution in [3.8, 4) is 0 Å². The van der Waals surface area contributed by atoms with Crippen molar-refractivity contribution >= 4 is 0 Å². The molecular formula is C15H30N2O2. The van der Waals surface area contributed by atoms with Crippen LogP contribution in [0.25, 0.3) is 0 Å². The fraction of sp³-hybridized carbons (Fsp3) is 1.00. The Bertz CT molecular complexity index is 244. The van der Waals surface area contributed by atoms with Gasteiger partial charge in [-0.3, -0.25) is 9.80 Å². The quantitative estimate of drug-likeness (QED) is 0.685. The van der Waals surface area contributed by atoms with E-state index >= 15 is 0 Å². The molecule has 2 saturated heterocycles. The highest BCUT2D eigenvalue weighted by molar-refractivity contribution is 4.81. The summed E-state index contributed by atoms with van der Waals surface area (Å²) in [6, 6.07) is 0.637. The van der Waals surface area contributed by atoms with Gasteiger partial charge in [0.2, 0.25) is 0 Å². The van der Waals surface area contributed by atoms with Gasteiger partial charge >= 0.3 is 0 Å². The second-order valence-electron chi connectivity index (χ2n) is 5.83. The van der Waals surface area contributed by atoms with Crippen molar-refractivity contribution in [1.82, 2.24) is 9.80 Å². The Labute approximate surface area is 118 Å². The fourth-order valence-electron chi connectivity index (χ4n) is 3.13. The lowest BCUT2D eigenvalue weighted by Gasteiger charge is -2.41. The van der Waals surface area contributed by atoms with Gasteiger partial charge in [-0.25, -0.2) is 0 Å². The van der Waals surface area contributed by atoms with E-state index in [4.69, 9.17) is 9.47 Å². The molecule has 0 amide bonds. The topological polar surface area (TPSA) is 24.9 Å².